The van der Waals surface area contributed by atoms with Gasteiger partial charge in [0.25, 0.3) is 0 Å². The molecule has 0 aliphatic heterocycles. The summed E-state index contributed by atoms with van der Waals surface area (Å²) < 4.78 is 23.4. The van der Waals surface area contributed by atoms with Crippen LogP contribution in [0.1, 0.15) is 69.2 Å². The van der Waals surface area contributed by atoms with E-state index in [9.17, 15) is 0 Å². The summed E-state index contributed by atoms with van der Waals surface area (Å²) in [7, 11) is 0. The fraction of sp³-hybridized carbons (Fsp3) is 1.00. The molecular formula is C21H46N2O4. The smallest absolute Gasteiger partial charge is 0.0672 e. The van der Waals surface area contributed by atoms with E-state index in [1.807, 2.05) is 55.4 Å². The second kappa shape index (κ2) is 13.1. The van der Waals surface area contributed by atoms with E-state index in [1.165, 1.54) is 0 Å². The summed E-state index contributed by atoms with van der Waals surface area (Å²) in [5.74, 6) is 0. The molecule has 0 aliphatic rings. The molecule has 6 heteroatoms. The highest BCUT2D eigenvalue weighted by atomic mass is 16.5. The molecule has 0 aromatic rings. The second-order valence-corrected chi connectivity index (χ2v) is 9.09. The quantitative estimate of drug-likeness (QED) is 0.394. The molecule has 27 heavy (non-hydrogen) atoms. The molecule has 0 saturated heterocycles. The lowest BCUT2D eigenvalue weighted by Gasteiger charge is -2.36. The maximum Gasteiger partial charge on any atom is 0.0672 e. The summed E-state index contributed by atoms with van der Waals surface area (Å²) >= 11 is 0. The number of nitrogens with one attached hydrogen (secondary N) is 2. The first-order chi connectivity index (χ1) is 12.4. The first kappa shape index (κ1) is 26.8. The third-order valence-corrected chi connectivity index (χ3v) is 3.97. The highest BCUT2D eigenvalue weighted by Gasteiger charge is 2.29. The lowest BCUT2D eigenvalue weighted by molar-refractivity contribution is -0.0365. The third-order valence-electron chi connectivity index (χ3n) is 3.97. The Balaban J connectivity index is 4.79. The lowest BCUT2D eigenvalue weighted by atomic mass is 10.0. The minimum atomic E-state index is -0.278. The maximum atomic E-state index is 5.86. The van der Waals surface area contributed by atoms with Crippen LogP contribution in [0.15, 0.2) is 0 Å². The summed E-state index contributed by atoms with van der Waals surface area (Å²) in [5, 5.41) is 7.13. The van der Waals surface area contributed by atoms with Crippen molar-refractivity contribution in [1.29, 1.82) is 0 Å². The first-order valence-corrected chi connectivity index (χ1v) is 10.3. The topological polar surface area (TPSA) is 61.0 Å². The van der Waals surface area contributed by atoms with Gasteiger partial charge in [-0.1, -0.05) is 0 Å². The highest BCUT2D eigenvalue weighted by Crippen LogP contribution is 2.11. The van der Waals surface area contributed by atoms with Gasteiger partial charge in [0.2, 0.25) is 0 Å². The van der Waals surface area contributed by atoms with Crippen molar-refractivity contribution in [3.63, 3.8) is 0 Å². The minimum Gasteiger partial charge on any atom is -0.377 e. The van der Waals surface area contributed by atoms with Crippen LogP contribution in [0.3, 0.4) is 0 Å². The van der Waals surface area contributed by atoms with Gasteiger partial charge >= 0.3 is 0 Å². The van der Waals surface area contributed by atoms with Gasteiger partial charge in [0.15, 0.2) is 0 Å². The zero-order valence-corrected chi connectivity index (χ0v) is 19.5. The molecule has 0 amide bonds. The van der Waals surface area contributed by atoms with Crippen LogP contribution in [0, 0.1) is 0 Å². The van der Waals surface area contributed by atoms with Gasteiger partial charge in [-0.15, -0.1) is 0 Å². The fourth-order valence-corrected chi connectivity index (χ4v) is 2.16. The molecular weight excluding hydrogens is 344 g/mol. The Morgan fingerprint density at radius 1 is 0.519 bits per heavy atom. The Kier molecular flexibility index (Phi) is 13.0. The Morgan fingerprint density at radius 3 is 0.926 bits per heavy atom. The summed E-state index contributed by atoms with van der Waals surface area (Å²) in [6, 6.07) is 0. The van der Waals surface area contributed by atoms with Crippen LogP contribution in [0.5, 0.6) is 0 Å². The molecule has 2 N–H and O–H groups in total. The van der Waals surface area contributed by atoms with E-state index in [0.29, 0.717) is 33.1 Å². The molecule has 6 nitrogen and oxygen atoms in total. The van der Waals surface area contributed by atoms with Crippen molar-refractivity contribution >= 4 is 0 Å². The Labute approximate surface area is 168 Å². The predicted octanol–water partition coefficient (Wildman–Crippen LogP) is 3.34. The number of hydrogen-bond donors (Lipinski definition) is 2. The van der Waals surface area contributed by atoms with E-state index in [-0.39, 0.29) is 35.5 Å². The summed E-state index contributed by atoms with van der Waals surface area (Å²) in [6.07, 6.45) is 0.731. The van der Waals surface area contributed by atoms with Gasteiger partial charge in [0, 0.05) is 6.67 Å². The largest absolute Gasteiger partial charge is 0.377 e. The van der Waals surface area contributed by atoms with Gasteiger partial charge in [-0.3, -0.25) is 10.6 Å². The Bertz CT molecular complexity index is 315. The average Bonchev–Trinajstić information content (AvgIpc) is 2.55. The first-order valence-electron chi connectivity index (χ1n) is 10.3. The van der Waals surface area contributed by atoms with Crippen LogP contribution < -0.4 is 10.6 Å². The number of rotatable bonds is 16. The summed E-state index contributed by atoms with van der Waals surface area (Å²) in [6.45, 7) is 23.6. The van der Waals surface area contributed by atoms with Crippen LogP contribution in [0.25, 0.3) is 0 Å². The van der Waals surface area contributed by atoms with Gasteiger partial charge in [-0.2, -0.15) is 0 Å². The molecule has 0 saturated carbocycles. The third kappa shape index (κ3) is 14.4. The van der Waals surface area contributed by atoms with Gasteiger partial charge in [0.05, 0.1) is 61.9 Å². The van der Waals surface area contributed by atoms with Gasteiger partial charge in [-0.05, 0) is 69.2 Å². The fourth-order valence-electron chi connectivity index (χ4n) is 2.16. The molecule has 0 aromatic carbocycles. The zero-order chi connectivity index (χ0) is 21.1. The normalized spacial score (nSPS) is 13.6. The minimum absolute atomic E-state index is 0.183. The van der Waals surface area contributed by atoms with E-state index < -0.39 is 0 Å². The van der Waals surface area contributed by atoms with Crippen molar-refractivity contribution in [1.82, 2.24) is 10.6 Å². The van der Waals surface area contributed by atoms with Gasteiger partial charge in [-0.25, -0.2) is 0 Å². The summed E-state index contributed by atoms with van der Waals surface area (Å²) in [5.41, 5.74) is -0.555. The molecule has 0 bridgehead atoms. The van der Waals surface area contributed by atoms with Crippen LogP contribution in [0.4, 0.5) is 0 Å². The van der Waals surface area contributed by atoms with Crippen molar-refractivity contribution in [3.8, 4) is 0 Å². The van der Waals surface area contributed by atoms with E-state index in [2.05, 4.69) is 24.5 Å². The maximum absolute atomic E-state index is 5.86. The lowest BCUT2D eigenvalue weighted by Crippen LogP contribution is -2.59. The van der Waals surface area contributed by atoms with Crippen molar-refractivity contribution in [2.24, 2.45) is 0 Å². The molecule has 0 radical (unpaired) electrons. The van der Waals surface area contributed by atoms with Crippen LogP contribution in [-0.2, 0) is 18.9 Å². The van der Waals surface area contributed by atoms with Crippen molar-refractivity contribution in [2.75, 3.05) is 33.1 Å². The number of hydrogen-bond acceptors (Lipinski definition) is 6. The van der Waals surface area contributed by atoms with Gasteiger partial charge in [0.1, 0.15) is 0 Å². The van der Waals surface area contributed by atoms with Crippen LogP contribution in [0.2, 0.25) is 0 Å². The second-order valence-electron chi connectivity index (χ2n) is 9.09. The predicted molar refractivity (Wildman–Crippen MR) is 112 cm³/mol. The van der Waals surface area contributed by atoms with Crippen molar-refractivity contribution in [3.05, 3.63) is 0 Å². The van der Waals surface area contributed by atoms with Crippen LogP contribution in [-0.4, -0.2) is 68.6 Å². The summed E-state index contributed by atoms with van der Waals surface area (Å²) in [4.78, 5) is 0. The van der Waals surface area contributed by atoms with E-state index in [0.717, 1.165) is 0 Å². The average molecular weight is 391 g/mol. The Morgan fingerprint density at radius 2 is 0.741 bits per heavy atom. The highest BCUT2D eigenvalue weighted by molar-refractivity contribution is 4.87. The molecule has 0 spiro atoms. The molecule has 0 aliphatic carbocycles. The van der Waals surface area contributed by atoms with Gasteiger partial charge < -0.3 is 18.9 Å². The van der Waals surface area contributed by atoms with E-state index in [1.54, 1.807) is 0 Å². The van der Waals surface area contributed by atoms with Crippen molar-refractivity contribution in [2.45, 2.75) is 105 Å². The standard InChI is InChI=1S/C21H46N2O4/c1-16(2)24-11-20(9,12-25-17(3)4)22-15-23-21(10,13-26-18(5)6)14-27-19(7)8/h16-19,22-23H,11-15H2,1-10H3. The van der Waals surface area contributed by atoms with E-state index >= 15 is 0 Å². The SMILES string of the molecule is CC(C)OCC(C)(COC(C)C)NCNC(C)(COC(C)C)COC(C)C. The molecule has 0 fully saturated rings. The molecule has 0 rings (SSSR count). The zero-order valence-electron chi connectivity index (χ0n) is 19.5. The Hall–Kier alpha value is -0.240. The number of ether oxygens (including phenoxy) is 4. The molecule has 0 heterocycles. The van der Waals surface area contributed by atoms with Crippen molar-refractivity contribution < 1.29 is 18.9 Å². The molecule has 0 atom stereocenters. The molecule has 0 unspecified atom stereocenters. The molecule has 164 valence electrons. The van der Waals surface area contributed by atoms with Crippen LogP contribution >= 0.6 is 0 Å². The monoisotopic (exact) mass is 390 g/mol. The molecule has 0 aromatic heterocycles. The van der Waals surface area contributed by atoms with E-state index in [4.69, 9.17) is 18.9 Å².